The van der Waals surface area contributed by atoms with Crippen LogP contribution in [0.3, 0.4) is 0 Å². The molecule has 0 bridgehead atoms. The minimum atomic E-state index is -0.136. The van der Waals surface area contributed by atoms with Crippen LogP contribution in [-0.4, -0.2) is 65.0 Å². The molecule has 1 aromatic rings. The number of hydrogen-bond acceptors (Lipinski definition) is 6. The zero-order valence-electron chi connectivity index (χ0n) is 18.2. The van der Waals surface area contributed by atoms with Crippen LogP contribution in [0.5, 0.6) is 0 Å². The molecule has 3 aliphatic heterocycles. The number of nitrogens with two attached hydrogens (primary N) is 1. The van der Waals surface area contributed by atoms with E-state index in [9.17, 15) is 4.79 Å². The highest BCUT2D eigenvalue weighted by Crippen LogP contribution is 2.29. The Kier molecular flexibility index (Phi) is 6.88. The predicted octanol–water partition coefficient (Wildman–Crippen LogP) is 4.10. The highest BCUT2D eigenvalue weighted by molar-refractivity contribution is 6.35. The van der Waals surface area contributed by atoms with E-state index < -0.39 is 0 Å². The Balaban J connectivity index is 1.65. The summed E-state index contributed by atoms with van der Waals surface area (Å²) in [6, 6.07) is 4.98. The normalized spacial score (nSPS) is 25.1. The second kappa shape index (κ2) is 9.65. The van der Waals surface area contributed by atoms with Crippen LogP contribution < -0.4 is 5.73 Å². The number of carbonyl (C=O) groups excluding carboxylic acids is 1. The van der Waals surface area contributed by atoms with E-state index in [2.05, 4.69) is 16.7 Å². The summed E-state index contributed by atoms with van der Waals surface area (Å²) in [6.45, 7) is 8.00. The van der Waals surface area contributed by atoms with Crippen LogP contribution in [0, 0.1) is 0 Å². The fourth-order valence-electron chi connectivity index (χ4n) is 4.45. The summed E-state index contributed by atoms with van der Waals surface area (Å²) in [5.74, 6) is 1.42. The van der Waals surface area contributed by atoms with Crippen molar-refractivity contribution in [2.24, 2.45) is 15.8 Å². The number of halogens is 2. The number of hydrogen-bond donors (Lipinski definition) is 1. The molecule has 0 aliphatic carbocycles. The van der Waals surface area contributed by atoms with E-state index in [1.54, 1.807) is 23.2 Å². The van der Waals surface area contributed by atoms with Crippen molar-refractivity contribution in [3.05, 3.63) is 57.5 Å². The standard InChI is InChI=1S/C23H28Cl2N6O/c1-15-13-31(27-2)21(28-22(15)29-10-8-17(26)14-29)12-18-5-3-4-9-30(18)23(32)19-11-16(24)6-7-20(19)25/h6-7,11-13,17-18H,2-5,8-10,14,26H2,1H3/b21-12-/t17-,18?/m0/s1. The van der Waals surface area contributed by atoms with Gasteiger partial charge in [0.2, 0.25) is 0 Å². The zero-order valence-corrected chi connectivity index (χ0v) is 19.7. The Morgan fingerprint density at radius 1 is 1.28 bits per heavy atom. The molecule has 1 unspecified atom stereocenters. The number of piperidine rings is 1. The molecule has 170 valence electrons. The maximum Gasteiger partial charge on any atom is 0.255 e. The monoisotopic (exact) mass is 474 g/mol. The van der Waals surface area contributed by atoms with E-state index in [0.29, 0.717) is 28.0 Å². The van der Waals surface area contributed by atoms with Gasteiger partial charge in [0, 0.05) is 49.2 Å². The first-order valence-electron chi connectivity index (χ1n) is 10.9. The van der Waals surface area contributed by atoms with E-state index in [1.807, 2.05) is 24.1 Å². The molecule has 0 radical (unpaired) electrons. The largest absolute Gasteiger partial charge is 0.355 e. The van der Waals surface area contributed by atoms with Gasteiger partial charge in [-0.2, -0.15) is 5.10 Å². The van der Waals surface area contributed by atoms with Crippen molar-refractivity contribution in [3.63, 3.8) is 0 Å². The Bertz CT molecular complexity index is 1000. The molecule has 1 aromatic carbocycles. The third-order valence-electron chi connectivity index (χ3n) is 6.11. The maximum atomic E-state index is 13.4. The van der Waals surface area contributed by atoms with Gasteiger partial charge in [-0.3, -0.25) is 4.79 Å². The van der Waals surface area contributed by atoms with Gasteiger partial charge in [0.1, 0.15) is 5.84 Å². The van der Waals surface area contributed by atoms with Crippen LogP contribution in [0.4, 0.5) is 0 Å². The summed E-state index contributed by atoms with van der Waals surface area (Å²) in [5.41, 5.74) is 7.53. The van der Waals surface area contributed by atoms with Gasteiger partial charge in [-0.15, -0.1) is 0 Å². The van der Waals surface area contributed by atoms with Gasteiger partial charge in [0.05, 0.1) is 16.6 Å². The average Bonchev–Trinajstić information content (AvgIpc) is 3.22. The van der Waals surface area contributed by atoms with Gasteiger partial charge in [0.25, 0.3) is 5.91 Å². The molecule has 0 aromatic heterocycles. The van der Waals surface area contributed by atoms with E-state index in [1.165, 1.54) is 0 Å². The summed E-state index contributed by atoms with van der Waals surface area (Å²) in [4.78, 5) is 22.3. The number of likely N-dealkylation sites (tertiary alicyclic amines) is 2. The SMILES string of the molecule is C=NN1C=C(C)C(N2CC[C@H](N)C2)=N/C1=C/C1CCCCN1C(=O)c1cc(Cl)ccc1Cl. The Morgan fingerprint density at radius 2 is 2.09 bits per heavy atom. The summed E-state index contributed by atoms with van der Waals surface area (Å²) in [5, 5.41) is 6.67. The van der Waals surface area contributed by atoms with Gasteiger partial charge in [-0.1, -0.05) is 23.2 Å². The fraction of sp³-hybridized carbons (Fsp3) is 0.435. The third kappa shape index (κ3) is 4.70. The Morgan fingerprint density at radius 3 is 2.81 bits per heavy atom. The number of hydrazone groups is 1. The Labute approximate surface area is 198 Å². The highest BCUT2D eigenvalue weighted by atomic mass is 35.5. The predicted molar refractivity (Wildman–Crippen MR) is 130 cm³/mol. The topological polar surface area (TPSA) is 77.5 Å². The number of amidine groups is 1. The molecule has 2 atom stereocenters. The molecule has 2 saturated heterocycles. The van der Waals surface area contributed by atoms with Gasteiger partial charge >= 0.3 is 0 Å². The smallest absolute Gasteiger partial charge is 0.255 e. The molecule has 2 fully saturated rings. The zero-order chi connectivity index (χ0) is 22.8. The number of nitrogens with zero attached hydrogens (tertiary/aromatic N) is 5. The van der Waals surface area contributed by atoms with Crippen molar-refractivity contribution in [1.29, 1.82) is 0 Å². The van der Waals surface area contributed by atoms with Crippen molar-refractivity contribution >= 4 is 41.7 Å². The summed E-state index contributed by atoms with van der Waals surface area (Å²) < 4.78 is 0. The van der Waals surface area contributed by atoms with Gasteiger partial charge in [-0.25, -0.2) is 10.0 Å². The summed E-state index contributed by atoms with van der Waals surface area (Å²) >= 11 is 12.4. The molecule has 7 nitrogen and oxygen atoms in total. The first kappa shape index (κ1) is 22.8. The van der Waals surface area contributed by atoms with Crippen molar-refractivity contribution < 1.29 is 4.79 Å². The number of aliphatic imine (C=N–C) groups is 1. The molecule has 0 spiro atoms. The first-order valence-corrected chi connectivity index (χ1v) is 11.6. The van der Waals surface area contributed by atoms with E-state index in [-0.39, 0.29) is 18.0 Å². The lowest BCUT2D eigenvalue weighted by molar-refractivity contribution is 0.0662. The van der Waals surface area contributed by atoms with Crippen molar-refractivity contribution in [2.75, 3.05) is 19.6 Å². The average molecular weight is 475 g/mol. The summed E-state index contributed by atoms with van der Waals surface area (Å²) in [6.07, 6.45) is 7.67. The van der Waals surface area contributed by atoms with Crippen LogP contribution in [0.15, 0.2) is 52.0 Å². The van der Waals surface area contributed by atoms with Crippen molar-refractivity contribution in [2.45, 2.75) is 44.7 Å². The lowest BCUT2D eigenvalue weighted by atomic mass is 10.00. The van der Waals surface area contributed by atoms with Gasteiger partial charge < -0.3 is 15.5 Å². The number of benzene rings is 1. The molecule has 0 saturated carbocycles. The van der Waals surface area contributed by atoms with Crippen LogP contribution in [0.1, 0.15) is 43.0 Å². The number of amides is 1. The van der Waals surface area contributed by atoms with Crippen LogP contribution in [0.2, 0.25) is 10.0 Å². The van der Waals surface area contributed by atoms with Crippen molar-refractivity contribution in [3.8, 4) is 0 Å². The second-order valence-electron chi connectivity index (χ2n) is 8.44. The van der Waals surface area contributed by atoms with Gasteiger partial charge in [0.15, 0.2) is 5.82 Å². The molecule has 9 heteroatoms. The maximum absolute atomic E-state index is 13.4. The van der Waals surface area contributed by atoms with E-state index in [4.69, 9.17) is 33.9 Å². The van der Waals surface area contributed by atoms with Crippen LogP contribution >= 0.6 is 23.2 Å². The molecular formula is C23H28Cl2N6O. The van der Waals surface area contributed by atoms with E-state index in [0.717, 1.165) is 50.2 Å². The van der Waals surface area contributed by atoms with Gasteiger partial charge in [-0.05, 0) is 56.9 Å². The highest BCUT2D eigenvalue weighted by Gasteiger charge is 2.30. The Hall–Kier alpha value is -2.35. The lowest BCUT2D eigenvalue weighted by Crippen LogP contribution is -2.43. The molecule has 32 heavy (non-hydrogen) atoms. The molecule has 4 rings (SSSR count). The minimum absolute atomic E-state index is 0.130. The second-order valence-corrected chi connectivity index (χ2v) is 9.28. The van der Waals surface area contributed by atoms with Crippen LogP contribution in [0.25, 0.3) is 0 Å². The quantitative estimate of drug-likeness (QED) is 0.668. The molecule has 1 amide bonds. The number of rotatable bonds is 3. The van der Waals surface area contributed by atoms with Crippen molar-refractivity contribution in [1.82, 2.24) is 14.8 Å². The fourth-order valence-corrected chi connectivity index (χ4v) is 4.82. The van der Waals surface area contributed by atoms with E-state index >= 15 is 0 Å². The lowest BCUT2D eigenvalue weighted by Gasteiger charge is -2.35. The third-order valence-corrected chi connectivity index (χ3v) is 6.68. The number of carbonyl (C=O) groups is 1. The van der Waals surface area contributed by atoms with Crippen LogP contribution in [-0.2, 0) is 0 Å². The molecule has 3 aliphatic rings. The minimum Gasteiger partial charge on any atom is -0.355 e. The first-order chi connectivity index (χ1) is 15.4. The summed E-state index contributed by atoms with van der Waals surface area (Å²) in [7, 11) is 0. The molecular weight excluding hydrogens is 447 g/mol. The molecule has 3 heterocycles. The molecule has 2 N–H and O–H groups in total.